The third-order valence-corrected chi connectivity index (χ3v) is 3.90. The summed E-state index contributed by atoms with van der Waals surface area (Å²) in [6.07, 6.45) is 0. The lowest BCUT2D eigenvalue weighted by Crippen LogP contribution is -2.47. The average Bonchev–Trinajstić information content (AvgIpc) is 2.42. The van der Waals surface area contributed by atoms with Gasteiger partial charge in [-0.15, -0.1) is 0 Å². The second-order valence-corrected chi connectivity index (χ2v) is 4.56. The molecule has 0 aromatic heterocycles. The lowest BCUT2D eigenvalue weighted by atomic mass is 10.2. The highest BCUT2D eigenvalue weighted by Gasteiger charge is 2.16. The topological polar surface area (TPSA) is 80.6 Å². The third kappa shape index (κ3) is 4.74. The van der Waals surface area contributed by atoms with Crippen LogP contribution in [0.3, 0.4) is 0 Å². The normalized spacial score (nSPS) is 10.6. The van der Waals surface area contributed by atoms with Crippen LogP contribution in [-0.4, -0.2) is 46.8 Å². The minimum Gasteiger partial charge on any atom is -0.872 e. The minimum atomic E-state index is -1.41. The van der Waals surface area contributed by atoms with Crippen LogP contribution in [0.4, 0.5) is 0 Å². The number of carboxylic acids is 1. The van der Waals surface area contributed by atoms with Crippen molar-refractivity contribution in [3.05, 3.63) is 23.8 Å². The van der Waals surface area contributed by atoms with Crippen LogP contribution in [0.2, 0.25) is 0 Å². The number of rotatable bonds is 5. The maximum Gasteiger partial charge on any atom is 0.338 e. The van der Waals surface area contributed by atoms with Crippen molar-refractivity contribution in [1.29, 1.82) is 0 Å². The van der Waals surface area contributed by atoms with E-state index in [0.717, 1.165) is 12.1 Å². The summed E-state index contributed by atoms with van der Waals surface area (Å²) in [4.78, 5) is 10.3. The van der Waals surface area contributed by atoms with Gasteiger partial charge in [0.05, 0.1) is 31.7 Å². The molecule has 0 saturated carbocycles. The summed E-state index contributed by atoms with van der Waals surface area (Å²) in [5.74, 6) is -2.59. The fraction of sp³-hybridized carbons (Fsp3) is 0.533. The molecular formula is C15H25NO4. The van der Waals surface area contributed by atoms with Crippen molar-refractivity contribution in [3.63, 3.8) is 0 Å². The van der Waals surface area contributed by atoms with Gasteiger partial charge in [0.25, 0.3) is 0 Å². The van der Waals surface area contributed by atoms with E-state index < -0.39 is 23.0 Å². The average molecular weight is 283 g/mol. The highest BCUT2D eigenvalue weighted by Crippen LogP contribution is 2.23. The first kappa shape index (κ1) is 18.2. The van der Waals surface area contributed by atoms with Crippen molar-refractivity contribution < 1.29 is 24.6 Å². The number of aromatic carboxylic acids is 1. The second kappa shape index (κ2) is 8.43. The molecule has 0 fully saturated rings. The molecule has 2 N–H and O–H groups in total. The Bertz CT molecular complexity index is 390. The predicted molar refractivity (Wildman–Crippen MR) is 76.9 cm³/mol. The largest absolute Gasteiger partial charge is 0.872 e. The predicted octanol–water partition coefficient (Wildman–Crippen LogP) is 2.05. The molecule has 5 heteroatoms. The molecule has 1 aromatic rings. The first-order valence-electron chi connectivity index (χ1n) is 6.94. The number of quaternary nitrogens is 1. The molecule has 1 aromatic carbocycles. The van der Waals surface area contributed by atoms with Crippen molar-refractivity contribution in [2.24, 2.45) is 0 Å². The van der Waals surface area contributed by atoms with Crippen molar-refractivity contribution in [2.75, 3.05) is 26.2 Å². The number of nitrogens with zero attached hydrogens (tertiary/aromatic N) is 1. The van der Waals surface area contributed by atoms with E-state index in [1.165, 1.54) is 36.7 Å². The number of hydrogen-bond donors (Lipinski definition) is 2. The standard InChI is InChI=1S/C8H20N.C7H6O4/c1-5-9(6-2,7-3)8-4;8-4-2-1-3-5(9)6(4)7(10)11/h5-8H2,1-4H3;1-3,8-9H,(H,10,11)/q+1;/p-1. The fourth-order valence-electron chi connectivity index (χ4n) is 2.08. The van der Waals surface area contributed by atoms with Crippen LogP contribution in [-0.2, 0) is 0 Å². The van der Waals surface area contributed by atoms with Crippen molar-refractivity contribution in [1.82, 2.24) is 0 Å². The summed E-state index contributed by atoms with van der Waals surface area (Å²) < 4.78 is 1.28. The van der Waals surface area contributed by atoms with Crippen LogP contribution in [0.15, 0.2) is 18.2 Å². The molecule has 0 aliphatic heterocycles. The number of carbonyl (C=O) groups is 1. The van der Waals surface area contributed by atoms with Crippen molar-refractivity contribution >= 4 is 5.97 Å². The van der Waals surface area contributed by atoms with E-state index in [4.69, 9.17) is 10.2 Å². The summed E-state index contributed by atoms with van der Waals surface area (Å²) in [6.45, 7) is 14.2. The molecule has 0 amide bonds. The molecule has 0 bridgehead atoms. The summed E-state index contributed by atoms with van der Waals surface area (Å²) in [5.41, 5.74) is -0.576. The van der Waals surface area contributed by atoms with Gasteiger partial charge in [-0.25, -0.2) is 4.79 Å². The van der Waals surface area contributed by atoms with E-state index in [1.54, 1.807) is 0 Å². The van der Waals surface area contributed by atoms with E-state index in [0.29, 0.717) is 0 Å². The Morgan fingerprint density at radius 1 is 1.10 bits per heavy atom. The van der Waals surface area contributed by atoms with E-state index in [2.05, 4.69) is 27.7 Å². The van der Waals surface area contributed by atoms with Gasteiger partial charge in [-0.3, -0.25) is 0 Å². The van der Waals surface area contributed by atoms with Gasteiger partial charge in [0.1, 0.15) is 5.75 Å². The Hall–Kier alpha value is -1.75. The van der Waals surface area contributed by atoms with Crippen molar-refractivity contribution in [2.45, 2.75) is 27.7 Å². The van der Waals surface area contributed by atoms with E-state index in [1.807, 2.05) is 0 Å². The number of aromatic hydroxyl groups is 1. The lowest BCUT2D eigenvalue weighted by molar-refractivity contribution is -0.921. The number of phenols is 1. The van der Waals surface area contributed by atoms with E-state index in [-0.39, 0.29) is 0 Å². The molecule has 0 aliphatic rings. The van der Waals surface area contributed by atoms with Gasteiger partial charge in [-0.2, -0.15) is 0 Å². The Kier molecular flexibility index (Phi) is 7.69. The third-order valence-electron chi connectivity index (χ3n) is 3.90. The summed E-state index contributed by atoms with van der Waals surface area (Å²) >= 11 is 0. The number of carboxylic acid groups (broad SMARTS) is 1. The molecule has 0 unspecified atom stereocenters. The molecule has 0 spiro atoms. The summed E-state index contributed by atoms with van der Waals surface area (Å²) in [7, 11) is 0. The molecule has 5 nitrogen and oxygen atoms in total. The van der Waals surface area contributed by atoms with Gasteiger partial charge in [-0.1, -0.05) is 17.9 Å². The van der Waals surface area contributed by atoms with Crippen LogP contribution in [0, 0.1) is 0 Å². The molecule has 20 heavy (non-hydrogen) atoms. The van der Waals surface area contributed by atoms with Gasteiger partial charge in [0.15, 0.2) is 0 Å². The summed E-state index contributed by atoms with van der Waals surface area (Å²) in [6, 6.07) is 3.54. The number of hydrogen-bond acceptors (Lipinski definition) is 3. The van der Waals surface area contributed by atoms with Gasteiger partial charge in [0, 0.05) is 0 Å². The maximum atomic E-state index is 10.7. The van der Waals surface area contributed by atoms with Crippen molar-refractivity contribution in [3.8, 4) is 11.5 Å². The smallest absolute Gasteiger partial charge is 0.338 e. The zero-order valence-corrected chi connectivity index (χ0v) is 12.7. The Balaban J connectivity index is 0.000000370. The lowest BCUT2D eigenvalue weighted by Gasteiger charge is -2.34. The molecule has 0 radical (unpaired) electrons. The highest BCUT2D eigenvalue weighted by molar-refractivity contribution is 5.93. The Morgan fingerprint density at radius 3 is 1.75 bits per heavy atom. The Morgan fingerprint density at radius 2 is 1.55 bits per heavy atom. The van der Waals surface area contributed by atoms with Gasteiger partial charge < -0.3 is 19.8 Å². The van der Waals surface area contributed by atoms with E-state index >= 15 is 0 Å². The summed E-state index contributed by atoms with van der Waals surface area (Å²) in [5, 5.41) is 28.0. The van der Waals surface area contributed by atoms with Crippen LogP contribution in [0.25, 0.3) is 0 Å². The quantitative estimate of drug-likeness (QED) is 0.810. The fourth-order valence-corrected chi connectivity index (χ4v) is 2.08. The second-order valence-electron chi connectivity index (χ2n) is 4.56. The van der Waals surface area contributed by atoms with Crippen LogP contribution >= 0.6 is 0 Å². The van der Waals surface area contributed by atoms with Gasteiger partial charge >= 0.3 is 5.97 Å². The molecule has 1 rings (SSSR count). The molecule has 0 aliphatic carbocycles. The van der Waals surface area contributed by atoms with Crippen LogP contribution < -0.4 is 5.11 Å². The molecular weight excluding hydrogens is 258 g/mol. The minimum absolute atomic E-state index is 0.495. The monoisotopic (exact) mass is 283 g/mol. The first-order valence-corrected chi connectivity index (χ1v) is 6.94. The highest BCUT2D eigenvalue weighted by atomic mass is 16.4. The van der Waals surface area contributed by atoms with Crippen LogP contribution in [0.5, 0.6) is 11.5 Å². The van der Waals surface area contributed by atoms with Gasteiger partial charge in [0.2, 0.25) is 0 Å². The Labute approximate surface area is 120 Å². The zero-order chi connectivity index (χ0) is 15.8. The number of benzene rings is 1. The van der Waals surface area contributed by atoms with Crippen LogP contribution in [0.1, 0.15) is 38.1 Å². The van der Waals surface area contributed by atoms with E-state index in [9.17, 15) is 9.90 Å². The zero-order valence-electron chi connectivity index (χ0n) is 12.7. The first-order chi connectivity index (χ1) is 9.37. The molecule has 0 heterocycles. The molecule has 0 atom stereocenters. The SMILES string of the molecule is CC[N+](CC)(CC)CC.O=C(O)c1c([O-])cccc1O. The molecule has 0 saturated heterocycles. The molecule has 114 valence electrons. The van der Waals surface area contributed by atoms with Gasteiger partial charge in [-0.05, 0) is 33.8 Å². The maximum absolute atomic E-state index is 10.7.